The minimum Gasteiger partial charge on any atom is -0.286 e. The summed E-state index contributed by atoms with van der Waals surface area (Å²) in [6, 6.07) is 0. The van der Waals surface area contributed by atoms with E-state index in [9.17, 15) is 22.0 Å². The minimum atomic E-state index is -5.62. The lowest BCUT2D eigenvalue weighted by Crippen LogP contribution is -2.43. The van der Waals surface area contributed by atoms with Gasteiger partial charge in [-0.3, -0.25) is 4.99 Å². The summed E-state index contributed by atoms with van der Waals surface area (Å²) >= 11 is 0. The van der Waals surface area contributed by atoms with Crippen molar-refractivity contribution in [1.82, 2.24) is 0 Å². The Morgan fingerprint density at radius 2 is 1.60 bits per heavy atom. The predicted molar refractivity (Wildman–Crippen MR) is 48.3 cm³/mol. The topological polar surface area (TPSA) is 12.4 Å². The summed E-state index contributed by atoms with van der Waals surface area (Å²) < 4.78 is 61.1. The number of alkyl halides is 5. The van der Waals surface area contributed by atoms with E-state index in [1.807, 2.05) is 0 Å². The van der Waals surface area contributed by atoms with E-state index >= 15 is 0 Å². The van der Waals surface area contributed by atoms with Crippen molar-refractivity contribution < 1.29 is 22.0 Å². The summed E-state index contributed by atoms with van der Waals surface area (Å²) in [5.74, 6) is -4.92. The lowest BCUT2D eigenvalue weighted by molar-refractivity contribution is -0.248. The van der Waals surface area contributed by atoms with Gasteiger partial charge in [0.2, 0.25) is 0 Å². The van der Waals surface area contributed by atoms with Crippen LogP contribution >= 0.6 is 0 Å². The molecule has 86 valence electrons. The second kappa shape index (κ2) is 5.04. The molecule has 0 unspecified atom stereocenters. The molecule has 6 heteroatoms. The van der Waals surface area contributed by atoms with Gasteiger partial charge < -0.3 is 0 Å². The molecule has 0 rings (SSSR count). The zero-order valence-electron chi connectivity index (χ0n) is 8.15. The van der Waals surface area contributed by atoms with Gasteiger partial charge in [0.1, 0.15) is 5.71 Å². The van der Waals surface area contributed by atoms with Crippen molar-refractivity contribution in [2.75, 3.05) is 7.05 Å². The molecule has 15 heavy (non-hydrogen) atoms. The summed E-state index contributed by atoms with van der Waals surface area (Å²) in [6.45, 7) is 1.61. The number of nitrogens with zero attached hydrogens (tertiary/aromatic N) is 1. The van der Waals surface area contributed by atoms with Gasteiger partial charge in [0, 0.05) is 7.05 Å². The van der Waals surface area contributed by atoms with Gasteiger partial charge in [-0.15, -0.1) is 0 Å². The molecule has 0 aromatic heterocycles. The fraction of sp³-hybridized carbons (Fsp3) is 0.444. The lowest BCUT2D eigenvalue weighted by atomic mass is 10.1. The fourth-order valence-electron chi connectivity index (χ4n) is 0.723. The third kappa shape index (κ3) is 3.45. The monoisotopic (exact) mass is 227 g/mol. The molecule has 0 bridgehead atoms. The first-order valence-corrected chi connectivity index (χ1v) is 3.98. The van der Waals surface area contributed by atoms with Crippen molar-refractivity contribution in [2.24, 2.45) is 4.99 Å². The van der Waals surface area contributed by atoms with Gasteiger partial charge in [-0.1, -0.05) is 18.2 Å². The molecule has 0 fully saturated rings. The molecule has 0 aliphatic heterocycles. The van der Waals surface area contributed by atoms with Crippen LogP contribution < -0.4 is 0 Å². The molecule has 0 aromatic carbocycles. The van der Waals surface area contributed by atoms with Gasteiger partial charge in [-0.05, 0) is 13.0 Å². The minimum absolute atomic E-state index is 0.632. The third-order valence-electron chi connectivity index (χ3n) is 1.48. The summed E-state index contributed by atoms with van der Waals surface area (Å²) in [4.78, 5) is 2.92. The van der Waals surface area contributed by atoms with Gasteiger partial charge >= 0.3 is 12.1 Å². The van der Waals surface area contributed by atoms with E-state index in [-0.39, 0.29) is 0 Å². The van der Waals surface area contributed by atoms with Crippen LogP contribution in [0.15, 0.2) is 29.3 Å². The maximum atomic E-state index is 12.7. The largest absolute Gasteiger partial charge is 0.459 e. The smallest absolute Gasteiger partial charge is 0.286 e. The Hall–Kier alpha value is -1.20. The van der Waals surface area contributed by atoms with Crippen LogP contribution in [0.5, 0.6) is 0 Å². The summed E-state index contributed by atoms with van der Waals surface area (Å²) in [5.41, 5.74) is -1.31. The van der Waals surface area contributed by atoms with E-state index in [1.54, 1.807) is 6.92 Å². The van der Waals surface area contributed by atoms with E-state index in [4.69, 9.17) is 0 Å². The highest BCUT2D eigenvalue weighted by Crippen LogP contribution is 2.36. The zero-order chi connectivity index (χ0) is 12.1. The maximum Gasteiger partial charge on any atom is 0.459 e. The highest BCUT2D eigenvalue weighted by Gasteiger charge is 2.60. The Morgan fingerprint density at radius 1 is 1.07 bits per heavy atom. The Labute approximate surface area is 84.0 Å². The molecule has 0 amide bonds. The van der Waals surface area contributed by atoms with Gasteiger partial charge in [0.25, 0.3) is 0 Å². The summed E-state index contributed by atoms with van der Waals surface area (Å²) in [5, 5.41) is 0. The Balaban J connectivity index is 5.00. The Bertz CT molecular complexity index is 285. The number of hydrogen-bond donors (Lipinski definition) is 0. The van der Waals surface area contributed by atoms with E-state index in [1.165, 1.54) is 12.2 Å². The van der Waals surface area contributed by atoms with Crippen LogP contribution in [0.4, 0.5) is 22.0 Å². The van der Waals surface area contributed by atoms with Crippen molar-refractivity contribution in [3.8, 4) is 0 Å². The highest BCUT2D eigenvalue weighted by molar-refractivity contribution is 6.01. The van der Waals surface area contributed by atoms with Gasteiger partial charge in [0.15, 0.2) is 0 Å². The van der Waals surface area contributed by atoms with Crippen molar-refractivity contribution >= 4 is 5.71 Å². The van der Waals surface area contributed by atoms with Crippen molar-refractivity contribution in [1.29, 1.82) is 0 Å². The van der Waals surface area contributed by atoms with Crippen LogP contribution in [0.25, 0.3) is 0 Å². The van der Waals surface area contributed by atoms with Crippen LogP contribution in [0.2, 0.25) is 0 Å². The summed E-state index contributed by atoms with van der Waals surface area (Å²) in [6.07, 6.45) is -1.09. The van der Waals surface area contributed by atoms with E-state index in [0.717, 1.165) is 13.1 Å². The number of hydrogen-bond acceptors (Lipinski definition) is 1. The zero-order valence-corrected chi connectivity index (χ0v) is 8.15. The molecule has 0 atom stereocenters. The molecule has 1 nitrogen and oxygen atoms in total. The van der Waals surface area contributed by atoms with E-state index in [2.05, 4.69) is 4.99 Å². The average Bonchev–Trinajstić information content (AvgIpc) is 2.10. The normalized spacial score (nSPS) is 15.5. The maximum absolute atomic E-state index is 12.7. The molecule has 0 heterocycles. The Kier molecular flexibility index (Phi) is 4.64. The van der Waals surface area contributed by atoms with Crippen molar-refractivity contribution in [3.05, 3.63) is 24.3 Å². The average molecular weight is 227 g/mol. The first-order valence-electron chi connectivity index (χ1n) is 3.98. The molecular formula is C9H10F5N. The quantitative estimate of drug-likeness (QED) is 0.398. The van der Waals surface area contributed by atoms with Crippen LogP contribution in [0.3, 0.4) is 0 Å². The van der Waals surface area contributed by atoms with E-state index in [0.29, 0.717) is 6.08 Å². The number of halogens is 5. The van der Waals surface area contributed by atoms with Gasteiger partial charge in [-0.25, -0.2) is 0 Å². The van der Waals surface area contributed by atoms with Crippen LogP contribution in [-0.4, -0.2) is 24.9 Å². The number of aliphatic imine (C=N–C) groups is 1. The second-order valence-electron chi connectivity index (χ2n) is 2.57. The second-order valence-corrected chi connectivity index (χ2v) is 2.57. The highest BCUT2D eigenvalue weighted by atomic mass is 19.4. The number of rotatable bonds is 3. The van der Waals surface area contributed by atoms with Gasteiger partial charge in [0.05, 0.1) is 0 Å². The molecule has 0 saturated carbocycles. The fourth-order valence-corrected chi connectivity index (χ4v) is 0.723. The Morgan fingerprint density at radius 3 is 1.93 bits per heavy atom. The standard InChI is InChI=1S/C9H10F5N/c1-3-4-5-6-7(15-2)8(10,11)9(12,13)14/h3-6H,1-2H3/b4-3+,6-5+,15-7?. The molecule has 0 aromatic rings. The SMILES string of the molecule is C/C=C/C=C/C(=NC)C(F)(F)C(F)(F)F. The first kappa shape index (κ1) is 13.8. The van der Waals surface area contributed by atoms with Crippen molar-refractivity contribution in [2.45, 2.75) is 19.0 Å². The first-order chi connectivity index (χ1) is 6.77. The molecule has 0 aliphatic rings. The van der Waals surface area contributed by atoms with E-state index < -0.39 is 17.8 Å². The lowest BCUT2D eigenvalue weighted by Gasteiger charge is -2.19. The molecule has 0 saturated heterocycles. The molecule has 0 radical (unpaired) electrons. The predicted octanol–water partition coefficient (Wildman–Crippen LogP) is 3.39. The van der Waals surface area contributed by atoms with Crippen LogP contribution in [-0.2, 0) is 0 Å². The van der Waals surface area contributed by atoms with Gasteiger partial charge in [-0.2, -0.15) is 22.0 Å². The molecule has 0 aliphatic carbocycles. The third-order valence-corrected chi connectivity index (χ3v) is 1.48. The van der Waals surface area contributed by atoms with Crippen LogP contribution in [0, 0.1) is 0 Å². The number of allylic oxidation sites excluding steroid dienone is 4. The molecular weight excluding hydrogens is 217 g/mol. The molecule has 0 N–H and O–H groups in total. The summed E-state index contributed by atoms with van der Waals surface area (Å²) in [7, 11) is 0.884. The van der Waals surface area contributed by atoms with Crippen molar-refractivity contribution in [3.63, 3.8) is 0 Å². The van der Waals surface area contributed by atoms with Crippen LogP contribution in [0.1, 0.15) is 6.92 Å². The molecule has 0 spiro atoms.